The van der Waals surface area contributed by atoms with Crippen LogP contribution in [0, 0.1) is 0 Å². The minimum atomic E-state index is 0.417. The number of aromatic nitrogens is 1. The van der Waals surface area contributed by atoms with Crippen molar-refractivity contribution in [3.8, 4) is 0 Å². The van der Waals surface area contributed by atoms with E-state index in [1.807, 2.05) is 0 Å². The molecule has 2 aliphatic rings. The van der Waals surface area contributed by atoms with Crippen molar-refractivity contribution in [2.24, 2.45) is 0 Å². The van der Waals surface area contributed by atoms with Gasteiger partial charge in [-0.15, -0.1) is 0 Å². The molecule has 1 N–H and O–H groups in total. The number of benzene rings is 1. The summed E-state index contributed by atoms with van der Waals surface area (Å²) in [6.45, 7) is 1.84. The van der Waals surface area contributed by atoms with Gasteiger partial charge in [0.15, 0.2) is 0 Å². The first kappa shape index (κ1) is 11.0. The van der Waals surface area contributed by atoms with Crippen LogP contribution in [0.25, 0.3) is 10.9 Å². The summed E-state index contributed by atoms with van der Waals surface area (Å²) in [6, 6.07) is 8.95. The van der Waals surface area contributed by atoms with E-state index in [0.717, 1.165) is 37.8 Å². The quantitative estimate of drug-likeness (QED) is 0.792. The average Bonchev–Trinajstić information content (AvgIpc) is 2.85. The molecule has 2 aliphatic heterocycles. The van der Waals surface area contributed by atoms with Crippen LogP contribution in [0.4, 0.5) is 0 Å². The third kappa shape index (κ3) is 1.58. The highest BCUT2D eigenvalue weighted by Crippen LogP contribution is 2.38. The van der Waals surface area contributed by atoms with Crippen molar-refractivity contribution in [3.05, 3.63) is 47.2 Å². The number of hydrogen-bond donors (Lipinski definition) is 1. The monoisotopic (exact) mass is 252 g/mol. The summed E-state index contributed by atoms with van der Waals surface area (Å²) in [7, 11) is 0. The van der Waals surface area contributed by atoms with Crippen molar-refractivity contribution >= 4 is 17.2 Å². The van der Waals surface area contributed by atoms with E-state index in [9.17, 15) is 4.79 Å². The molecular formula is C16H16N2O. The van der Waals surface area contributed by atoms with E-state index in [2.05, 4.69) is 40.2 Å². The Bertz CT molecular complexity index is 683. The number of aldehydes is 1. The van der Waals surface area contributed by atoms with Gasteiger partial charge in [0.25, 0.3) is 0 Å². The Balaban J connectivity index is 1.83. The predicted molar refractivity (Wildman–Crippen MR) is 75.1 cm³/mol. The van der Waals surface area contributed by atoms with Crippen molar-refractivity contribution in [1.29, 1.82) is 0 Å². The fraction of sp³-hybridized carbons (Fsp3) is 0.312. The second-order valence-corrected chi connectivity index (χ2v) is 5.43. The van der Waals surface area contributed by atoms with Gasteiger partial charge in [0, 0.05) is 35.3 Å². The van der Waals surface area contributed by atoms with Gasteiger partial charge in [-0.2, -0.15) is 0 Å². The highest BCUT2D eigenvalue weighted by Gasteiger charge is 2.31. The van der Waals surface area contributed by atoms with Crippen LogP contribution >= 0.6 is 0 Å². The standard InChI is InChI=1S/C16H16N2O/c19-10-11-5-6-15-16-13(7-8-18(15)9-11)12-3-1-2-4-14(12)17-16/h1-5,10,15,17H,6-9H2/t15-/m0/s1. The number of nitrogens with zero attached hydrogens (tertiary/aromatic N) is 1. The van der Waals surface area contributed by atoms with Gasteiger partial charge in [-0.05, 0) is 24.5 Å². The molecule has 19 heavy (non-hydrogen) atoms. The maximum Gasteiger partial charge on any atom is 0.147 e. The van der Waals surface area contributed by atoms with E-state index in [0.29, 0.717) is 6.04 Å². The summed E-state index contributed by atoms with van der Waals surface area (Å²) >= 11 is 0. The molecule has 3 nitrogen and oxygen atoms in total. The summed E-state index contributed by atoms with van der Waals surface area (Å²) in [5.74, 6) is 0. The summed E-state index contributed by atoms with van der Waals surface area (Å²) in [6.07, 6.45) is 5.10. The number of rotatable bonds is 1. The van der Waals surface area contributed by atoms with Gasteiger partial charge in [0.1, 0.15) is 6.29 Å². The van der Waals surface area contributed by atoms with E-state index in [4.69, 9.17) is 0 Å². The van der Waals surface area contributed by atoms with Gasteiger partial charge >= 0.3 is 0 Å². The zero-order valence-electron chi connectivity index (χ0n) is 10.7. The molecule has 3 heterocycles. The molecular weight excluding hydrogens is 236 g/mol. The molecule has 0 aliphatic carbocycles. The van der Waals surface area contributed by atoms with Gasteiger partial charge in [-0.1, -0.05) is 24.3 Å². The first-order chi connectivity index (χ1) is 9.36. The van der Waals surface area contributed by atoms with Gasteiger partial charge < -0.3 is 4.98 Å². The maximum absolute atomic E-state index is 10.9. The molecule has 0 saturated carbocycles. The minimum Gasteiger partial charge on any atom is -0.357 e. The van der Waals surface area contributed by atoms with Crippen LogP contribution in [0.5, 0.6) is 0 Å². The van der Waals surface area contributed by atoms with E-state index >= 15 is 0 Å². The first-order valence-electron chi connectivity index (χ1n) is 6.84. The van der Waals surface area contributed by atoms with Crippen LogP contribution < -0.4 is 0 Å². The number of para-hydroxylation sites is 1. The SMILES string of the molecule is O=CC1=CC[C@H]2c3[nH]c4ccccc4c3CCN2C1. The number of nitrogens with one attached hydrogen (secondary N) is 1. The number of fused-ring (bicyclic) bond motifs is 5. The van der Waals surface area contributed by atoms with Crippen LogP contribution in [0.3, 0.4) is 0 Å². The average molecular weight is 252 g/mol. The second-order valence-electron chi connectivity index (χ2n) is 5.43. The number of hydrogen-bond acceptors (Lipinski definition) is 2. The fourth-order valence-corrected chi connectivity index (χ4v) is 3.47. The molecule has 0 saturated heterocycles. The van der Waals surface area contributed by atoms with Gasteiger partial charge in [0.2, 0.25) is 0 Å². The third-order valence-electron chi connectivity index (χ3n) is 4.41. The molecule has 0 fully saturated rings. The maximum atomic E-state index is 10.9. The van der Waals surface area contributed by atoms with E-state index in [-0.39, 0.29) is 0 Å². The molecule has 1 aromatic carbocycles. The molecule has 0 spiro atoms. The predicted octanol–water partition coefficient (Wildman–Crippen LogP) is 2.60. The molecule has 1 atom stereocenters. The number of carbonyl (C=O) groups excluding carboxylic acids is 1. The van der Waals surface area contributed by atoms with Crippen LogP contribution in [-0.2, 0) is 11.2 Å². The lowest BCUT2D eigenvalue weighted by atomic mass is 9.92. The van der Waals surface area contributed by atoms with Crippen molar-refractivity contribution in [2.45, 2.75) is 18.9 Å². The Morgan fingerprint density at radius 3 is 3.11 bits per heavy atom. The largest absolute Gasteiger partial charge is 0.357 e. The van der Waals surface area contributed by atoms with Crippen LogP contribution in [0.1, 0.15) is 23.7 Å². The third-order valence-corrected chi connectivity index (χ3v) is 4.41. The van der Waals surface area contributed by atoms with Crippen LogP contribution in [0.2, 0.25) is 0 Å². The molecule has 2 aromatic rings. The van der Waals surface area contributed by atoms with Crippen molar-refractivity contribution in [3.63, 3.8) is 0 Å². The Hall–Kier alpha value is -1.87. The highest BCUT2D eigenvalue weighted by atomic mass is 16.1. The summed E-state index contributed by atoms with van der Waals surface area (Å²) in [5.41, 5.74) is 4.99. The summed E-state index contributed by atoms with van der Waals surface area (Å²) in [4.78, 5) is 16.9. The zero-order chi connectivity index (χ0) is 12.8. The molecule has 1 aromatic heterocycles. The van der Waals surface area contributed by atoms with Gasteiger partial charge in [-0.25, -0.2) is 0 Å². The van der Waals surface area contributed by atoms with Crippen molar-refractivity contribution in [1.82, 2.24) is 9.88 Å². The van der Waals surface area contributed by atoms with E-state index < -0.39 is 0 Å². The number of carbonyl (C=O) groups is 1. The molecule has 0 bridgehead atoms. The van der Waals surface area contributed by atoms with Gasteiger partial charge in [-0.3, -0.25) is 9.69 Å². The number of H-pyrrole nitrogens is 1. The fourth-order valence-electron chi connectivity index (χ4n) is 3.47. The van der Waals surface area contributed by atoms with Crippen LogP contribution in [0.15, 0.2) is 35.9 Å². The Morgan fingerprint density at radius 2 is 2.21 bits per heavy atom. The van der Waals surface area contributed by atoms with E-state index in [1.165, 1.54) is 22.2 Å². The molecule has 3 heteroatoms. The van der Waals surface area contributed by atoms with Crippen LogP contribution in [-0.4, -0.2) is 29.3 Å². The first-order valence-corrected chi connectivity index (χ1v) is 6.84. The molecule has 0 unspecified atom stereocenters. The Kier molecular flexibility index (Phi) is 2.35. The topological polar surface area (TPSA) is 36.1 Å². The lowest BCUT2D eigenvalue weighted by Gasteiger charge is -2.38. The molecule has 0 amide bonds. The number of aromatic amines is 1. The molecule has 4 rings (SSSR count). The Labute approximate surface area is 111 Å². The summed E-state index contributed by atoms with van der Waals surface area (Å²) < 4.78 is 0. The highest BCUT2D eigenvalue weighted by molar-refractivity contribution is 5.85. The summed E-state index contributed by atoms with van der Waals surface area (Å²) in [5, 5.41) is 1.36. The zero-order valence-corrected chi connectivity index (χ0v) is 10.7. The molecule has 0 radical (unpaired) electrons. The van der Waals surface area contributed by atoms with E-state index in [1.54, 1.807) is 0 Å². The second kappa shape index (κ2) is 4.07. The lowest BCUT2D eigenvalue weighted by Crippen LogP contribution is -2.38. The molecule has 96 valence electrons. The smallest absolute Gasteiger partial charge is 0.147 e. The lowest BCUT2D eigenvalue weighted by molar-refractivity contribution is -0.105. The van der Waals surface area contributed by atoms with Gasteiger partial charge in [0.05, 0.1) is 6.04 Å². The van der Waals surface area contributed by atoms with Crippen molar-refractivity contribution in [2.75, 3.05) is 13.1 Å². The normalized spacial score (nSPS) is 22.7. The Morgan fingerprint density at radius 1 is 1.32 bits per heavy atom. The van der Waals surface area contributed by atoms with Crippen molar-refractivity contribution < 1.29 is 4.79 Å². The minimum absolute atomic E-state index is 0.417.